The van der Waals surface area contributed by atoms with Gasteiger partial charge >= 0.3 is 0 Å². The number of benzene rings is 1. The first-order valence-electron chi connectivity index (χ1n) is 4.56. The third-order valence-electron chi connectivity index (χ3n) is 2.33. The predicted octanol–water partition coefficient (Wildman–Crippen LogP) is 0.580. The van der Waals surface area contributed by atoms with Crippen molar-refractivity contribution in [2.75, 3.05) is 12.4 Å². The van der Waals surface area contributed by atoms with Gasteiger partial charge in [0.05, 0.1) is 25.8 Å². The van der Waals surface area contributed by atoms with Crippen LogP contribution in [0.1, 0.15) is 11.1 Å². The fourth-order valence-electron chi connectivity index (χ4n) is 1.71. The Bertz CT molecular complexity index is 404. The van der Waals surface area contributed by atoms with Crippen LogP contribution in [0.15, 0.2) is 12.1 Å². The normalized spacial score (nSPS) is 13.6. The summed E-state index contributed by atoms with van der Waals surface area (Å²) in [6.07, 6.45) is 0.379. The molecule has 0 bridgehead atoms. The maximum Gasteiger partial charge on any atom is 0.228 e. The Morgan fingerprint density at radius 1 is 1.53 bits per heavy atom. The maximum atomic E-state index is 11.2. The van der Waals surface area contributed by atoms with E-state index in [1.807, 2.05) is 6.07 Å². The molecule has 2 rings (SSSR count). The molecular formula is C10H12N2O3. The molecule has 0 saturated heterocycles. The highest BCUT2D eigenvalue weighted by Gasteiger charge is 2.22. The van der Waals surface area contributed by atoms with E-state index >= 15 is 0 Å². The Labute approximate surface area is 87.1 Å². The van der Waals surface area contributed by atoms with Gasteiger partial charge in [-0.25, -0.2) is 5.90 Å². The number of methoxy groups -OCH3 is 1. The smallest absolute Gasteiger partial charge is 0.228 e. The summed E-state index contributed by atoms with van der Waals surface area (Å²) in [5.41, 5.74) is 2.57. The fourth-order valence-corrected chi connectivity index (χ4v) is 1.71. The number of hydrogen-bond acceptors (Lipinski definition) is 4. The molecule has 0 radical (unpaired) electrons. The first-order valence-corrected chi connectivity index (χ1v) is 4.56. The molecule has 3 N–H and O–H groups in total. The number of fused-ring (bicyclic) bond motifs is 1. The second-order valence-corrected chi connectivity index (χ2v) is 3.37. The van der Waals surface area contributed by atoms with Crippen LogP contribution >= 0.6 is 0 Å². The molecule has 5 heteroatoms. The Kier molecular flexibility index (Phi) is 2.57. The van der Waals surface area contributed by atoms with Crippen molar-refractivity contribution in [3.63, 3.8) is 0 Å². The Morgan fingerprint density at radius 2 is 2.33 bits per heavy atom. The topological polar surface area (TPSA) is 73.6 Å². The largest absolute Gasteiger partial charge is 0.495 e. The molecule has 0 fully saturated rings. The molecule has 0 spiro atoms. The lowest BCUT2D eigenvalue weighted by atomic mass is 10.1. The van der Waals surface area contributed by atoms with E-state index in [9.17, 15) is 4.79 Å². The summed E-state index contributed by atoms with van der Waals surface area (Å²) >= 11 is 0. The third kappa shape index (κ3) is 1.79. The van der Waals surface area contributed by atoms with E-state index in [4.69, 9.17) is 10.6 Å². The van der Waals surface area contributed by atoms with Gasteiger partial charge in [0.1, 0.15) is 5.75 Å². The van der Waals surface area contributed by atoms with Crippen molar-refractivity contribution in [3.8, 4) is 5.75 Å². The lowest BCUT2D eigenvalue weighted by Crippen LogP contribution is -2.04. The highest BCUT2D eigenvalue weighted by Crippen LogP contribution is 2.34. The summed E-state index contributed by atoms with van der Waals surface area (Å²) in [6, 6.07) is 3.69. The quantitative estimate of drug-likeness (QED) is 0.712. The van der Waals surface area contributed by atoms with Gasteiger partial charge in [-0.15, -0.1) is 0 Å². The van der Waals surface area contributed by atoms with Crippen LogP contribution < -0.4 is 16.0 Å². The molecule has 0 aliphatic carbocycles. The van der Waals surface area contributed by atoms with Gasteiger partial charge in [0.25, 0.3) is 0 Å². The molecule has 0 unspecified atom stereocenters. The van der Waals surface area contributed by atoms with Crippen LogP contribution in [-0.2, 0) is 22.7 Å². The number of hydrogen-bond donors (Lipinski definition) is 2. The van der Waals surface area contributed by atoms with Crippen molar-refractivity contribution in [2.45, 2.75) is 13.0 Å². The minimum Gasteiger partial charge on any atom is -0.495 e. The van der Waals surface area contributed by atoms with E-state index in [1.165, 1.54) is 0 Å². The van der Waals surface area contributed by atoms with E-state index in [0.717, 1.165) is 16.8 Å². The monoisotopic (exact) mass is 208 g/mol. The molecule has 1 aromatic carbocycles. The van der Waals surface area contributed by atoms with Gasteiger partial charge < -0.3 is 10.1 Å². The van der Waals surface area contributed by atoms with E-state index < -0.39 is 0 Å². The maximum absolute atomic E-state index is 11.2. The van der Waals surface area contributed by atoms with Crippen molar-refractivity contribution >= 4 is 11.6 Å². The van der Waals surface area contributed by atoms with Crippen molar-refractivity contribution < 1.29 is 14.4 Å². The van der Waals surface area contributed by atoms with Crippen LogP contribution in [0.2, 0.25) is 0 Å². The van der Waals surface area contributed by atoms with Gasteiger partial charge in [-0.1, -0.05) is 6.07 Å². The summed E-state index contributed by atoms with van der Waals surface area (Å²) in [6.45, 7) is 0.303. The number of nitrogens with two attached hydrogens (primary N) is 1. The molecule has 1 amide bonds. The molecule has 1 aliphatic rings. The van der Waals surface area contributed by atoms with Crippen LogP contribution in [0.5, 0.6) is 5.75 Å². The second kappa shape index (κ2) is 3.88. The van der Waals surface area contributed by atoms with Crippen LogP contribution in [0.25, 0.3) is 0 Å². The summed E-state index contributed by atoms with van der Waals surface area (Å²) in [4.78, 5) is 15.8. The number of amides is 1. The molecular weight excluding hydrogens is 196 g/mol. The average molecular weight is 208 g/mol. The lowest BCUT2D eigenvalue weighted by molar-refractivity contribution is -0.115. The molecule has 80 valence electrons. The zero-order chi connectivity index (χ0) is 10.8. The number of carbonyl (C=O) groups is 1. The van der Waals surface area contributed by atoms with E-state index in [2.05, 4.69) is 10.2 Å². The van der Waals surface area contributed by atoms with Crippen molar-refractivity contribution in [1.29, 1.82) is 0 Å². The van der Waals surface area contributed by atoms with Crippen LogP contribution in [0.4, 0.5) is 5.69 Å². The Hall–Kier alpha value is -1.59. The highest BCUT2D eigenvalue weighted by atomic mass is 16.6. The standard InChI is InChI=1S/C10H12N2O3/c1-14-8-3-6(5-15-11)2-7-4-9(13)12-10(7)8/h2-3H,4-5,11H2,1H3,(H,12,13). The number of anilines is 1. The molecule has 0 saturated carbocycles. The second-order valence-electron chi connectivity index (χ2n) is 3.37. The van der Waals surface area contributed by atoms with Crippen molar-refractivity contribution in [1.82, 2.24) is 0 Å². The summed E-state index contributed by atoms with van der Waals surface area (Å²) < 4.78 is 5.18. The third-order valence-corrected chi connectivity index (χ3v) is 2.33. The number of carbonyl (C=O) groups excluding carboxylic acids is 1. The van der Waals surface area contributed by atoms with Crippen molar-refractivity contribution in [2.24, 2.45) is 5.90 Å². The van der Waals surface area contributed by atoms with Gasteiger partial charge in [0.15, 0.2) is 0 Å². The first-order chi connectivity index (χ1) is 7.24. The number of nitrogens with one attached hydrogen (secondary N) is 1. The molecule has 5 nitrogen and oxygen atoms in total. The van der Waals surface area contributed by atoms with Gasteiger partial charge in [0.2, 0.25) is 5.91 Å². The van der Waals surface area contributed by atoms with Crippen LogP contribution in [0, 0.1) is 0 Å². The van der Waals surface area contributed by atoms with E-state index in [-0.39, 0.29) is 5.91 Å². The van der Waals surface area contributed by atoms with Gasteiger partial charge in [-0.2, -0.15) is 0 Å². The van der Waals surface area contributed by atoms with Gasteiger partial charge in [-0.05, 0) is 17.2 Å². The molecule has 1 aliphatic heterocycles. The van der Waals surface area contributed by atoms with Gasteiger partial charge in [0, 0.05) is 0 Å². The summed E-state index contributed by atoms with van der Waals surface area (Å²) in [5.74, 6) is 5.63. The number of rotatable bonds is 3. The minimum absolute atomic E-state index is 0.0193. The van der Waals surface area contributed by atoms with Gasteiger partial charge in [-0.3, -0.25) is 9.63 Å². The van der Waals surface area contributed by atoms with Crippen LogP contribution in [-0.4, -0.2) is 13.0 Å². The molecule has 15 heavy (non-hydrogen) atoms. The Morgan fingerprint density at radius 3 is 3.00 bits per heavy atom. The minimum atomic E-state index is -0.0193. The molecule has 1 aromatic rings. The first kappa shape index (κ1) is 9.95. The molecule has 0 aromatic heterocycles. The SMILES string of the molecule is COc1cc(CON)cc2c1NC(=O)C2. The predicted molar refractivity (Wildman–Crippen MR) is 54.3 cm³/mol. The Balaban J connectivity index is 2.42. The number of ether oxygens (including phenoxy) is 1. The van der Waals surface area contributed by atoms with Crippen molar-refractivity contribution in [3.05, 3.63) is 23.3 Å². The lowest BCUT2D eigenvalue weighted by Gasteiger charge is -2.09. The zero-order valence-corrected chi connectivity index (χ0v) is 8.37. The average Bonchev–Trinajstić information content (AvgIpc) is 2.57. The molecule has 1 heterocycles. The fraction of sp³-hybridized carbons (Fsp3) is 0.300. The van der Waals surface area contributed by atoms with Crippen LogP contribution in [0.3, 0.4) is 0 Å². The summed E-state index contributed by atoms with van der Waals surface area (Å²) in [5, 5.41) is 2.75. The zero-order valence-electron chi connectivity index (χ0n) is 8.37. The van der Waals surface area contributed by atoms with E-state index in [0.29, 0.717) is 18.8 Å². The molecule has 0 atom stereocenters. The van der Waals surface area contributed by atoms with E-state index in [1.54, 1.807) is 13.2 Å². The summed E-state index contributed by atoms with van der Waals surface area (Å²) in [7, 11) is 1.56. The highest BCUT2D eigenvalue weighted by molar-refractivity contribution is 6.01.